The zero-order valence-electron chi connectivity index (χ0n) is 13.5. The number of esters is 1. The predicted octanol–water partition coefficient (Wildman–Crippen LogP) is 3.89. The van der Waals surface area contributed by atoms with Crippen molar-refractivity contribution in [1.82, 2.24) is 4.90 Å². The maximum atomic E-state index is 12.6. The fourth-order valence-corrected chi connectivity index (χ4v) is 3.66. The molecule has 2 fully saturated rings. The molecule has 6 heteroatoms. The Labute approximate surface area is 139 Å². The van der Waals surface area contributed by atoms with Crippen molar-refractivity contribution in [3.05, 3.63) is 42.0 Å². The van der Waals surface area contributed by atoms with Crippen LogP contribution in [0, 0.1) is 0 Å². The highest BCUT2D eigenvalue weighted by atomic mass is 19.4. The van der Waals surface area contributed by atoms with Gasteiger partial charge in [0.25, 0.3) is 0 Å². The third kappa shape index (κ3) is 3.34. The second-order valence-electron chi connectivity index (χ2n) is 6.60. The Kier molecular flexibility index (Phi) is 4.42. The molecule has 0 radical (unpaired) electrons. The molecule has 1 aromatic rings. The topological polar surface area (TPSA) is 29.5 Å². The molecule has 0 saturated carbocycles. The number of piperidine rings is 1. The SMILES string of the molecule is C=C(C(=O)OC1CC2CCC(C1)N2C)c1ccc(C(F)(F)F)cc1. The van der Waals surface area contributed by atoms with E-state index in [9.17, 15) is 18.0 Å². The maximum Gasteiger partial charge on any atom is 0.416 e. The van der Waals surface area contributed by atoms with Crippen LogP contribution in [0.15, 0.2) is 30.8 Å². The number of rotatable bonds is 3. The maximum absolute atomic E-state index is 12.6. The first kappa shape index (κ1) is 17.0. The van der Waals surface area contributed by atoms with Gasteiger partial charge in [0.05, 0.1) is 11.1 Å². The number of alkyl halides is 3. The summed E-state index contributed by atoms with van der Waals surface area (Å²) >= 11 is 0. The van der Waals surface area contributed by atoms with Crippen LogP contribution in [0.5, 0.6) is 0 Å². The number of halogens is 3. The van der Waals surface area contributed by atoms with Crippen LogP contribution in [0.1, 0.15) is 36.8 Å². The van der Waals surface area contributed by atoms with Crippen LogP contribution >= 0.6 is 0 Å². The number of ether oxygens (including phenoxy) is 1. The lowest BCUT2D eigenvalue weighted by molar-refractivity contribution is -0.145. The summed E-state index contributed by atoms with van der Waals surface area (Å²) < 4.78 is 43.3. The normalized spacial score (nSPS) is 27.1. The molecular weight excluding hydrogens is 319 g/mol. The third-order valence-electron chi connectivity index (χ3n) is 5.14. The van der Waals surface area contributed by atoms with Crippen molar-refractivity contribution >= 4 is 11.5 Å². The second kappa shape index (κ2) is 6.24. The van der Waals surface area contributed by atoms with Gasteiger partial charge in [-0.15, -0.1) is 0 Å². The lowest BCUT2D eigenvalue weighted by Crippen LogP contribution is -2.43. The Morgan fingerprint density at radius 1 is 1.17 bits per heavy atom. The van der Waals surface area contributed by atoms with E-state index < -0.39 is 17.7 Å². The van der Waals surface area contributed by atoms with Gasteiger partial charge in [0, 0.05) is 24.9 Å². The molecule has 2 bridgehead atoms. The van der Waals surface area contributed by atoms with Crippen LogP contribution in [-0.4, -0.2) is 36.1 Å². The summed E-state index contributed by atoms with van der Waals surface area (Å²) in [4.78, 5) is 14.6. The number of nitrogens with zero attached hydrogens (tertiary/aromatic N) is 1. The Morgan fingerprint density at radius 2 is 1.71 bits per heavy atom. The fourth-order valence-electron chi connectivity index (χ4n) is 3.66. The number of benzene rings is 1. The van der Waals surface area contributed by atoms with Crippen LogP contribution in [-0.2, 0) is 15.7 Å². The molecule has 2 saturated heterocycles. The molecule has 2 atom stereocenters. The van der Waals surface area contributed by atoms with Gasteiger partial charge in [-0.2, -0.15) is 13.2 Å². The number of hydrogen-bond acceptors (Lipinski definition) is 3. The molecule has 2 aliphatic rings. The average Bonchev–Trinajstić information content (AvgIpc) is 2.74. The summed E-state index contributed by atoms with van der Waals surface area (Å²) in [5, 5.41) is 0. The van der Waals surface area contributed by atoms with Crippen molar-refractivity contribution in [2.45, 2.75) is 50.0 Å². The van der Waals surface area contributed by atoms with Crippen LogP contribution in [0.25, 0.3) is 5.57 Å². The van der Waals surface area contributed by atoms with Gasteiger partial charge >= 0.3 is 12.1 Å². The van der Waals surface area contributed by atoms with Crippen LogP contribution in [0.2, 0.25) is 0 Å². The summed E-state index contributed by atoms with van der Waals surface area (Å²) in [6.07, 6.45) is -0.687. The third-order valence-corrected chi connectivity index (χ3v) is 5.14. The van der Waals surface area contributed by atoms with Gasteiger partial charge in [-0.3, -0.25) is 0 Å². The van der Waals surface area contributed by atoms with Gasteiger partial charge in [-0.25, -0.2) is 4.79 Å². The largest absolute Gasteiger partial charge is 0.459 e. The highest BCUT2D eigenvalue weighted by molar-refractivity contribution is 6.15. The summed E-state index contributed by atoms with van der Waals surface area (Å²) in [5.41, 5.74) is -0.307. The smallest absolute Gasteiger partial charge is 0.416 e. The first-order valence-electron chi connectivity index (χ1n) is 8.05. The van der Waals surface area contributed by atoms with E-state index in [0.717, 1.165) is 37.8 Å². The molecule has 3 nitrogen and oxygen atoms in total. The highest BCUT2D eigenvalue weighted by Gasteiger charge is 2.40. The molecule has 2 aliphatic heterocycles. The molecular formula is C18H20F3NO2. The van der Waals surface area contributed by atoms with Gasteiger partial charge in [-0.1, -0.05) is 18.7 Å². The van der Waals surface area contributed by atoms with E-state index in [2.05, 4.69) is 18.5 Å². The van der Waals surface area contributed by atoms with E-state index >= 15 is 0 Å². The monoisotopic (exact) mass is 339 g/mol. The fraction of sp³-hybridized carbons (Fsp3) is 0.500. The van der Waals surface area contributed by atoms with E-state index in [1.54, 1.807) is 0 Å². The first-order chi connectivity index (χ1) is 11.3. The molecule has 2 heterocycles. The van der Waals surface area contributed by atoms with Gasteiger partial charge < -0.3 is 9.64 Å². The zero-order chi connectivity index (χ0) is 17.5. The summed E-state index contributed by atoms with van der Waals surface area (Å²) in [6.45, 7) is 3.68. The van der Waals surface area contributed by atoms with E-state index in [-0.39, 0.29) is 11.7 Å². The number of fused-ring (bicyclic) bond motifs is 2. The molecule has 130 valence electrons. The van der Waals surface area contributed by atoms with Crippen molar-refractivity contribution in [3.63, 3.8) is 0 Å². The summed E-state index contributed by atoms with van der Waals surface area (Å²) in [6, 6.07) is 5.30. The molecule has 0 amide bonds. The zero-order valence-corrected chi connectivity index (χ0v) is 13.5. The van der Waals surface area contributed by atoms with Crippen LogP contribution < -0.4 is 0 Å². The molecule has 2 unspecified atom stereocenters. The molecule has 3 rings (SSSR count). The molecule has 24 heavy (non-hydrogen) atoms. The van der Waals surface area contributed by atoms with E-state index in [0.29, 0.717) is 17.6 Å². The van der Waals surface area contributed by atoms with Gasteiger partial charge in [0.1, 0.15) is 6.10 Å². The lowest BCUT2D eigenvalue weighted by atomic mass is 10.00. The minimum absolute atomic E-state index is 0.0926. The van der Waals surface area contributed by atoms with Gasteiger partial charge in [0.15, 0.2) is 0 Å². The van der Waals surface area contributed by atoms with Crippen LogP contribution in [0.3, 0.4) is 0 Å². The number of carbonyl (C=O) groups excluding carboxylic acids is 1. The summed E-state index contributed by atoms with van der Waals surface area (Å²) in [7, 11) is 2.10. The lowest BCUT2D eigenvalue weighted by Gasteiger charge is -2.35. The van der Waals surface area contributed by atoms with Crippen molar-refractivity contribution in [2.75, 3.05) is 7.05 Å². The number of hydrogen-bond donors (Lipinski definition) is 0. The minimum Gasteiger partial charge on any atom is -0.459 e. The summed E-state index contributed by atoms with van der Waals surface area (Å²) in [5.74, 6) is -0.552. The quantitative estimate of drug-likeness (QED) is 0.618. The van der Waals surface area contributed by atoms with Crippen LogP contribution in [0.4, 0.5) is 13.2 Å². The standard InChI is InChI=1S/C18H20F3NO2/c1-11(12-3-5-13(6-4-12)18(19,20)21)17(23)24-16-9-14-7-8-15(10-16)22(14)2/h3-6,14-16H,1,7-10H2,2H3. The predicted molar refractivity (Wildman–Crippen MR) is 84.2 cm³/mol. The first-order valence-corrected chi connectivity index (χ1v) is 8.05. The highest BCUT2D eigenvalue weighted by Crippen LogP contribution is 2.36. The van der Waals surface area contributed by atoms with Crippen molar-refractivity contribution in [3.8, 4) is 0 Å². The minimum atomic E-state index is -4.40. The van der Waals surface area contributed by atoms with Crippen molar-refractivity contribution < 1.29 is 22.7 Å². The van der Waals surface area contributed by atoms with Gasteiger partial charge in [0.2, 0.25) is 0 Å². The molecule has 0 spiro atoms. The number of carbonyl (C=O) groups is 1. The van der Waals surface area contributed by atoms with Gasteiger partial charge in [-0.05, 0) is 37.6 Å². The van der Waals surface area contributed by atoms with E-state index in [1.165, 1.54) is 12.1 Å². The van der Waals surface area contributed by atoms with E-state index in [1.807, 2.05) is 0 Å². The molecule has 0 aromatic heterocycles. The van der Waals surface area contributed by atoms with Crippen molar-refractivity contribution in [2.24, 2.45) is 0 Å². The van der Waals surface area contributed by atoms with E-state index in [4.69, 9.17) is 4.74 Å². The Bertz CT molecular complexity index is 625. The van der Waals surface area contributed by atoms with Crippen molar-refractivity contribution in [1.29, 1.82) is 0 Å². The Hall–Kier alpha value is -1.82. The Morgan fingerprint density at radius 3 is 2.21 bits per heavy atom. The molecule has 0 N–H and O–H groups in total. The molecule has 1 aromatic carbocycles. The average molecular weight is 339 g/mol. The Balaban J connectivity index is 1.62. The second-order valence-corrected chi connectivity index (χ2v) is 6.60. The molecule has 0 aliphatic carbocycles.